The molecule has 0 spiro atoms. The van der Waals surface area contributed by atoms with Crippen LogP contribution < -0.4 is 19.5 Å². The standard InChI is InChI=1S/C17H21NO3/c1-18-11-14-9-15(19-2)17(16(10-14)20-3)21-12-13-7-5-4-6-8-13/h4-10,18H,11-12H2,1-3H3. The molecule has 0 amide bonds. The summed E-state index contributed by atoms with van der Waals surface area (Å²) < 4.78 is 16.8. The second-order valence-corrected chi connectivity index (χ2v) is 4.63. The van der Waals surface area contributed by atoms with Gasteiger partial charge >= 0.3 is 0 Å². The zero-order valence-electron chi connectivity index (χ0n) is 12.7. The molecule has 4 nitrogen and oxygen atoms in total. The van der Waals surface area contributed by atoms with Crippen molar-refractivity contribution in [2.75, 3.05) is 21.3 Å². The summed E-state index contributed by atoms with van der Waals surface area (Å²) in [7, 11) is 5.17. The minimum atomic E-state index is 0.471. The van der Waals surface area contributed by atoms with Gasteiger partial charge in [0, 0.05) is 6.54 Å². The third kappa shape index (κ3) is 3.89. The fourth-order valence-electron chi connectivity index (χ4n) is 2.11. The number of hydrogen-bond acceptors (Lipinski definition) is 4. The molecule has 112 valence electrons. The summed E-state index contributed by atoms with van der Waals surface area (Å²) in [5, 5.41) is 3.11. The Morgan fingerprint density at radius 2 is 1.52 bits per heavy atom. The lowest BCUT2D eigenvalue weighted by Crippen LogP contribution is -2.07. The van der Waals surface area contributed by atoms with Gasteiger partial charge in [-0.2, -0.15) is 0 Å². The van der Waals surface area contributed by atoms with Gasteiger partial charge in [-0.1, -0.05) is 30.3 Å². The highest BCUT2D eigenvalue weighted by molar-refractivity contribution is 5.54. The van der Waals surface area contributed by atoms with Crippen LogP contribution in [0.4, 0.5) is 0 Å². The number of ether oxygens (including phenoxy) is 3. The number of benzene rings is 2. The highest BCUT2D eigenvalue weighted by Crippen LogP contribution is 2.39. The van der Waals surface area contributed by atoms with Crippen molar-refractivity contribution in [3.63, 3.8) is 0 Å². The van der Waals surface area contributed by atoms with E-state index in [4.69, 9.17) is 14.2 Å². The zero-order chi connectivity index (χ0) is 15.1. The molecule has 4 heteroatoms. The van der Waals surface area contributed by atoms with Gasteiger partial charge in [0.1, 0.15) is 6.61 Å². The molecule has 0 aromatic heterocycles. The van der Waals surface area contributed by atoms with Crippen LogP contribution in [0.5, 0.6) is 17.2 Å². The smallest absolute Gasteiger partial charge is 0.203 e. The molecule has 0 aliphatic rings. The molecular weight excluding hydrogens is 266 g/mol. The third-order valence-corrected chi connectivity index (χ3v) is 3.13. The summed E-state index contributed by atoms with van der Waals surface area (Å²) in [6, 6.07) is 13.9. The van der Waals surface area contributed by atoms with Gasteiger partial charge in [-0.15, -0.1) is 0 Å². The predicted octanol–water partition coefficient (Wildman–Crippen LogP) is 3.00. The second-order valence-electron chi connectivity index (χ2n) is 4.63. The van der Waals surface area contributed by atoms with Gasteiger partial charge in [0.05, 0.1) is 14.2 Å². The van der Waals surface area contributed by atoms with Gasteiger partial charge in [-0.3, -0.25) is 0 Å². The van der Waals surface area contributed by atoms with Crippen LogP contribution in [0.3, 0.4) is 0 Å². The molecular formula is C17H21NO3. The van der Waals surface area contributed by atoms with Gasteiger partial charge in [0.15, 0.2) is 11.5 Å². The maximum Gasteiger partial charge on any atom is 0.203 e. The molecule has 0 aliphatic carbocycles. The van der Waals surface area contributed by atoms with Crippen LogP contribution in [0.15, 0.2) is 42.5 Å². The minimum absolute atomic E-state index is 0.471. The first kappa shape index (κ1) is 15.2. The highest BCUT2D eigenvalue weighted by Gasteiger charge is 2.14. The molecule has 2 aromatic rings. The van der Waals surface area contributed by atoms with Gasteiger partial charge in [-0.25, -0.2) is 0 Å². The molecule has 0 unspecified atom stereocenters. The van der Waals surface area contributed by atoms with E-state index in [0.717, 1.165) is 17.7 Å². The first-order chi connectivity index (χ1) is 10.3. The molecule has 0 fully saturated rings. The van der Waals surface area contributed by atoms with Crippen molar-refractivity contribution in [1.29, 1.82) is 0 Å². The molecule has 0 atom stereocenters. The monoisotopic (exact) mass is 287 g/mol. The van der Waals surface area contributed by atoms with Crippen LogP contribution in [-0.2, 0) is 13.2 Å². The Bertz CT molecular complexity index is 544. The molecule has 0 heterocycles. The predicted molar refractivity (Wildman–Crippen MR) is 83.1 cm³/mol. The van der Waals surface area contributed by atoms with E-state index in [9.17, 15) is 0 Å². The number of methoxy groups -OCH3 is 2. The Balaban J connectivity index is 2.24. The van der Waals surface area contributed by atoms with Gasteiger partial charge in [-0.05, 0) is 30.3 Å². The van der Waals surface area contributed by atoms with Crippen molar-refractivity contribution in [3.8, 4) is 17.2 Å². The fraction of sp³-hybridized carbons (Fsp3) is 0.294. The highest BCUT2D eigenvalue weighted by atomic mass is 16.5. The van der Waals surface area contributed by atoms with E-state index in [1.807, 2.05) is 49.5 Å². The molecule has 1 N–H and O–H groups in total. The molecule has 0 aliphatic heterocycles. The van der Waals surface area contributed by atoms with Crippen molar-refractivity contribution >= 4 is 0 Å². The number of rotatable bonds is 7. The summed E-state index contributed by atoms with van der Waals surface area (Å²) in [6.45, 7) is 1.21. The van der Waals surface area contributed by atoms with E-state index < -0.39 is 0 Å². The maximum absolute atomic E-state index is 5.90. The van der Waals surface area contributed by atoms with Gasteiger partial charge in [0.2, 0.25) is 5.75 Å². The summed E-state index contributed by atoms with van der Waals surface area (Å²) in [5.41, 5.74) is 2.18. The Hall–Kier alpha value is -2.20. The average molecular weight is 287 g/mol. The second kappa shape index (κ2) is 7.55. The van der Waals surface area contributed by atoms with Crippen molar-refractivity contribution in [3.05, 3.63) is 53.6 Å². The Kier molecular flexibility index (Phi) is 5.46. The molecule has 0 radical (unpaired) electrons. The fourth-order valence-corrected chi connectivity index (χ4v) is 2.11. The summed E-state index contributed by atoms with van der Waals surface area (Å²) >= 11 is 0. The molecule has 0 saturated carbocycles. The first-order valence-corrected chi connectivity index (χ1v) is 6.84. The molecule has 2 aromatic carbocycles. The van der Waals surface area contributed by atoms with E-state index in [2.05, 4.69) is 5.32 Å². The summed E-state index contributed by atoms with van der Waals surface area (Å²) in [6.07, 6.45) is 0. The average Bonchev–Trinajstić information content (AvgIpc) is 2.54. The van der Waals surface area contributed by atoms with Crippen molar-refractivity contribution in [2.45, 2.75) is 13.2 Å². The number of hydrogen-bond donors (Lipinski definition) is 1. The van der Waals surface area contributed by atoms with Crippen LogP contribution in [-0.4, -0.2) is 21.3 Å². The Labute approximate surface area is 125 Å². The van der Waals surface area contributed by atoms with E-state index in [1.54, 1.807) is 14.2 Å². The van der Waals surface area contributed by atoms with Crippen LogP contribution in [0.25, 0.3) is 0 Å². The van der Waals surface area contributed by atoms with Gasteiger partial charge < -0.3 is 19.5 Å². The molecule has 0 bridgehead atoms. The number of nitrogens with one attached hydrogen (secondary N) is 1. The topological polar surface area (TPSA) is 39.7 Å². The van der Waals surface area contributed by atoms with Gasteiger partial charge in [0.25, 0.3) is 0 Å². The molecule has 0 saturated heterocycles. The lowest BCUT2D eigenvalue weighted by atomic mass is 10.1. The summed E-state index contributed by atoms with van der Waals surface area (Å²) in [5.74, 6) is 1.98. The van der Waals surface area contributed by atoms with Crippen molar-refractivity contribution < 1.29 is 14.2 Å². The van der Waals surface area contributed by atoms with E-state index in [1.165, 1.54) is 0 Å². The Morgan fingerprint density at radius 1 is 0.905 bits per heavy atom. The third-order valence-electron chi connectivity index (χ3n) is 3.13. The largest absolute Gasteiger partial charge is 0.493 e. The quantitative estimate of drug-likeness (QED) is 0.850. The van der Waals surface area contributed by atoms with Crippen molar-refractivity contribution in [2.24, 2.45) is 0 Å². The zero-order valence-corrected chi connectivity index (χ0v) is 12.7. The normalized spacial score (nSPS) is 10.2. The van der Waals surface area contributed by atoms with Crippen molar-refractivity contribution in [1.82, 2.24) is 5.32 Å². The molecule has 2 rings (SSSR count). The summed E-state index contributed by atoms with van der Waals surface area (Å²) in [4.78, 5) is 0. The first-order valence-electron chi connectivity index (χ1n) is 6.84. The van der Waals surface area contributed by atoms with Crippen LogP contribution in [0.2, 0.25) is 0 Å². The van der Waals surface area contributed by atoms with Crippen LogP contribution in [0, 0.1) is 0 Å². The van der Waals surface area contributed by atoms with E-state index >= 15 is 0 Å². The minimum Gasteiger partial charge on any atom is -0.493 e. The van der Waals surface area contributed by atoms with Crippen LogP contribution in [0.1, 0.15) is 11.1 Å². The molecule has 21 heavy (non-hydrogen) atoms. The SMILES string of the molecule is CNCc1cc(OC)c(OCc2ccccc2)c(OC)c1. The Morgan fingerprint density at radius 3 is 2.05 bits per heavy atom. The van der Waals surface area contributed by atoms with Crippen LogP contribution >= 0.6 is 0 Å². The lowest BCUT2D eigenvalue weighted by Gasteiger charge is -2.16. The maximum atomic E-state index is 5.90. The van der Waals surface area contributed by atoms with E-state index in [0.29, 0.717) is 23.9 Å². The lowest BCUT2D eigenvalue weighted by molar-refractivity contribution is 0.265. The van der Waals surface area contributed by atoms with E-state index in [-0.39, 0.29) is 0 Å².